The number of primary amides is 1. The van der Waals surface area contributed by atoms with Gasteiger partial charge in [-0.25, -0.2) is 0 Å². The zero-order chi connectivity index (χ0) is 18.7. The van der Waals surface area contributed by atoms with E-state index in [1.54, 1.807) is 27.4 Å². The first-order valence-electron chi connectivity index (χ1n) is 7.97. The summed E-state index contributed by atoms with van der Waals surface area (Å²) in [4.78, 5) is 15.8. The van der Waals surface area contributed by atoms with Crippen molar-refractivity contribution in [1.82, 2.24) is 4.98 Å². The van der Waals surface area contributed by atoms with Gasteiger partial charge in [0, 0.05) is 17.7 Å². The van der Waals surface area contributed by atoms with Gasteiger partial charge in [-0.05, 0) is 29.8 Å². The lowest BCUT2D eigenvalue weighted by Crippen LogP contribution is -2.19. The van der Waals surface area contributed by atoms with Crippen molar-refractivity contribution >= 4 is 12.0 Å². The predicted molar refractivity (Wildman–Crippen MR) is 95.1 cm³/mol. The quantitative estimate of drug-likeness (QED) is 0.852. The van der Waals surface area contributed by atoms with Crippen molar-refractivity contribution in [1.29, 1.82) is 0 Å². The number of amides is 1. The Morgan fingerprint density at radius 1 is 1.15 bits per heavy atom. The molecule has 2 aromatic rings. The molecule has 0 saturated heterocycles. The smallest absolute Gasteiger partial charge is 0.283 e. The first-order valence-corrected chi connectivity index (χ1v) is 7.97. The fourth-order valence-electron chi connectivity index (χ4n) is 2.82. The zero-order valence-electron chi connectivity index (χ0n) is 14.9. The van der Waals surface area contributed by atoms with Gasteiger partial charge in [0.1, 0.15) is 6.61 Å². The van der Waals surface area contributed by atoms with Crippen LogP contribution in [-0.2, 0) is 22.6 Å². The SMILES string of the molecule is COc1cc(Cc2ccc3c(n2)COC(C(N)=O)=C3)cc(OC)c1OC. The second-order valence-electron chi connectivity index (χ2n) is 5.71. The van der Waals surface area contributed by atoms with E-state index in [1.807, 2.05) is 24.3 Å². The summed E-state index contributed by atoms with van der Waals surface area (Å²) in [6.45, 7) is 0.215. The predicted octanol–water partition coefficient (Wildman–Crippen LogP) is 2.05. The van der Waals surface area contributed by atoms with E-state index in [1.165, 1.54) is 0 Å². The minimum Gasteiger partial charge on any atom is -0.493 e. The molecule has 3 rings (SSSR count). The first kappa shape index (κ1) is 17.6. The number of nitrogens with two attached hydrogens (primary N) is 1. The molecule has 1 aromatic carbocycles. The molecule has 0 saturated carbocycles. The van der Waals surface area contributed by atoms with Gasteiger partial charge in [-0.15, -0.1) is 0 Å². The number of methoxy groups -OCH3 is 3. The Balaban J connectivity index is 1.90. The fourth-order valence-corrected chi connectivity index (χ4v) is 2.82. The van der Waals surface area contributed by atoms with Crippen LogP contribution in [0.5, 0.6) is 17.2 Å². The summed E-state index contributed by atoms with van der Waals surface area (Å²) in [5.74, 6) is 1.30. The van der Waals surface area contributed by atoms with Crippen LogP contribution in [0.15, 0.2) is 30.0 Å². The Kier molecular flexibility index (Phi) is 4.97. The summed E-state index contributed by atoms with van der Waals surface area (Å²) in [5.41, 5.74) is 8.67. The van der Waals surface area contributed by atoms with E-state index in [0.29, 0.717) is 23.7 Å². The lowest BCUT2D eigenvalue weighted by molar-refractivity contribution is -0.118. The molecule has 1 aromatic heterocycles. The van der Waals surface area contributed by atoms with Gasteiger partial charge >= 0.3 is 0 Å². The molecule has 1 amide bonds. The van der Waals surface area contributed by atoms with E-state index >= 15 is 0 Å². The molecular weight excluding hydrogens is 336 g/mol. The van der Waals surface area contributed by atoms with Gasteiger partial charge in [0.2, 0.25) is 5.75 Å². The van der Waals surface area contributed by atoms with E-state index in [4.69, 9.17) is 24.7 Å². The number of nitrogens with zero attached hydrogens (tertiary/aromatic N) is 1. The molecule has 26 heavy (non-hydrogen) atoms. The number of aromatic nitrogens is 1. The van der Waals surface area contributed by atoms with Crippen LogP contribution in [0.4, 0.5) is 0 Å². The van der Waals surface area contributed by atoms with Gasteiger partial charge in [0.25, 0.3) is 5.91 Å². The van der Waals surface area contributed by atoms with Crippen molar-refractivity contribution in [2.75, 3.05) is 21.3 Å². The Hall–Kier alpha value is -3.22. The molecule has 7 nitrogen and oxygen atoms in total. The van der Waals surface area contributed by atoms with Crippen LogP contribution in [0.3, 0.4) is 0 Å². The fraction of sp³-hybridized carbons (Fsp3) is 0.263. The van der Waals surface area contributed by atoms with Crippen molar-refractivity contribution in [2.24, 2.45) is 5.73 Å². The maximum absolute atomic E-state index is 11.2. The van der Waals surface area contributed by atoms with E-state index in [9.17, 15) is 4.79 Å². The third-order valence-electron chi connectivity index (χ3n) is 4.07. The molecule has 0 unspecified atom stereocenters. The number of carbonyl (C=O) groups is 1. The highest BCUT2D eigenvalue weighted by Gasteiger charge is 2.18. The second kappa shape index (κ2) is 7.35. The number of carbonyl (C=O) groups excluding carboxylic acids is 1. The Morgan fingerprint density at radius 2 is 1.85 bits per heavy atom. The van der Waals surface area contributed by atoms with Crippen LogP contribution >= 0.6 is 0 Å². The van der Waals surface area contributed by atoms with Gasteiger partial charge in [-0.2, -0.15) is 0 Å². The average molecular weight is 356 g/mol. The number of benzene rings is 1. The maximum Gasteiger partial charge on any atom is 0.283 e. The molecule has 0 fully saturated rings. The Labute approximate surface area is 151 Å². The number of hydrogen-bond donors (Lipinski definition) is 1. The van der Waals surface area contributed by atoms with Gasteiger partial charge in [0.05, 0.1) is 27.0 Å². The first-order chi connectivity index (χ1) is 12.5. The van der Waals surface area contributed by atoms with Crippen molar-refractivity contribution in [3.63, 3.8) is 0 Å². The highest BCUT2D eigenvalue weighted by Crippen LogP contribution is 2.38. The maximum atomic E-state index is 11.2. The number of ether oxygens (including phenoxy) is 4. The molecule has 0 atom stereocenters. The molecule has 2 heterocycles. The third kappa shape index (κ3) is 3.42. The van der Waals surface area contributed by atoms with Crippen LogP contribution in [-0.4, -0.2) is 32.2 Å². The number of fused-ring (bicyclic) bond motifs is 1. The molecule has 0 radical (unpaired) electrons. The molecule has 1 aliphatic heterocycles. The minimum absolute atomic E-state index is 0.150. The monoisotopic (exact) mass is 356 g/mol. The van der Waals surface area contributed by atoms with Crippen molar-refractivity contribution < 1.29 is 23.7 Å². The van der Waals surface area contributed by atoms with Gasteiger partial charge in [-0.1, -0.05) is 6.07 Å². The lowest BCUT2D eigenvalue weighted by atomic mass is 10.0. The normalized spacial score (nSPS) is 12.5. The van der Waals surface area contributed by atoms with Gasteiger partial charge < -0.3 is 24.7 Å². The van der Waals surface area contributed by atoms with Crippen LogP contribution in [0, 0.1) is 0 Å². The van der Waals surface area contributed by atoms with E-state index in [2.05, 4.69) is 4.98 Å². The molecule has 0 aliphatic carbocycles. The molecule has 2 N–H and O–H groups in total. The Bertz CT molecular complexity index is 851. The van der Waals surface area contributed by atoms with Crippen LogP contribution in [0.2, 0.25) is 0 Å². The number of hydrogen-bond acceptors (Lipinski definition) is 6. The largest absolute Gasteiger partial charge is 0.493 e. The molecule has 1 aliphatic rings. The number of pyridine rings is 1. The molecule has 0 spiro atoms. The van der Waals surface area contributed by atoms with Crippen LogP contribution in [0.25, 0.3) is 6.08 Å². The standard InChI is InChI=1S/C19H20N2O5/c1-23-15-7-11(8-16(24-2)18(15)25-3)6-13-5-4-12-9-17(19(20)22)26-10-14(12)21-13/h4-5,7-9H,6,10H2,1-3H3,(H2,20,22). The van der Waals surface area contributed by atoms with Gasteiger partial charge in [-0.3, -0.25) is 9.78 Å². The summed E-state index contributed by atoms with van der Waals surface area (Å²) < 4.78 is 21.5. The van der Waals surface area contributed by atoms with E-state index in [-0.39, 0.29) is 12.4 Å². The average Bonchev–Trinajstić information content (AvgIpc) is 2.66. The summed E-state index contributed by atoms with van der Waals surface area (Å²) in [5, 5.41) is 0. The van der Waals surface area contributed by atoms with Crippen molar-refractivity contribution in [2.45, 2.75) is 13.0 Å². The van der Waals surface area contributed by atoms with Crippen molar-refractivity contribution in [3.05, 3.63) is 52.5 Å². The molecule has 0 bridgehead atoms. The van der Waals surface area contributed by atoms with Crippen LogP contribution < -0.4 is 19.9 Å². The zero-order valence-corrected chi connectivity index (χ0v) is 14.9. The van der Waals surface area contributed by atoms with Gasteiger partial charge in [0.15, 0.2) is 17.3 Å². The minimum atomic E-state index is -0.586. The summed E-state index contributed by atoms with van der Waals surface area (Å²) in [6, 6.07) is 7.59. The summed E-state index contributed by atoms with van der Waals surface area (Å²) in [6.07, 6.45) is 2.19. The highest BCUT2D eigenvalue weighted by atomic mass is 16.5. The highest BCUT2D eigenvalue weighted by molar-refractivity contribution is 5.95. The molecule has 136 valence electrons. The van der Waals surface area contributed by atoms with E-state index < -0.39 is 5.91 Å². The number of rotatable bonds is 6. The Morgan fingerprint density at radius 3 is 2.42 bits per heavy atom. The molecular formula is C19H20N2O5. The molecule has 7 heteroatoms. The van der Waals surface area contributed by atoms with Crippen LogP contribution in [0.1, 0.15) is 22.5 Å². The second-order valence-corrected chi connectivity index (χ2v) is 5.71. The lowest BCUT2D eigenvalue weighted by Gasteiger charge is -2.17. The van der Waals surface area contributed by atoms with E-state index in [0.717, 1.165) is 22.5 Å². The summed E-state index contributed by atoms with van der Waals surface area (Å²) in [7, 11) is 4.73. The summed E-state index contributed by atoms with van der Waals surface area (Å²) >= 11 is 0. The van der Waals surface area contributed by atoms with Crippen molar-refractivity contribution in [3.8, 4) is 17.2 Å². The topological polar surface area (TPSA) is 92.9 Å². The third-order valence-corrected chi connectivity index (χ3v) is 4.07.